The summed E-state index contributed by atoms with van der Waals surface area (Å²) >= 11 is 0. The van der Waals surface area contributed by atoms with Crippen molar-refractivity contribution in [3.8, 4) is 0 Å². The Morgan fingerprint density at radius 2 is 1.85 bits per heavy atom. The summed E-state index contributed by atoms with van der Waals surface area (Å²) < 4.78 is 0. The molecule has 0 radical (unpaired) electrons. The van der Waals surface area contributed by atoms with Gasteiger partial charge >= 0.3 is 6.09 Å². The van der Waals surface area contributed by atoms with Crippen LogP contribution >= 0.6 is 0 Å². The third-order valence-corrected chi connectivity index (χ3v) is 3.14. The molecule has 0 saturated heterocycles. The molecule has 1 aromatic rings. The largest absolute Gasteiger partial charge is 0.465 e. The molecule has 5 nitrogen and oxygen atoms in total. The topological polar surface area (TPSA) is 78.4 Å². The zero-order valence-corrected chi connectivity index (χ0v) is 12.1. The van der Waals surface area contributed by atoms with Crippen molar-refractivity contribution in [2.24, 2.45) is 5.92 Å². The second-order valence-electron chi connectivity index (χ2n) is 5.52. The molecule has 20 heavy (non-hydrogen) atoms. The fraction of sp³-hybridized carbons (Fsp3) is 0.467. The van der Waals surface area contributed by atoms with Gasteiger partial charge in [0.2, 0.25) is 5.91 Å². The molecule has 5 heteroatoms. The van der Waals surface area contributed by atoms with Crippen molar-refractivity contribution in [3.63, 3.8) is 0 Å². The molecule has 1 aromatic carbocycles. The Morgan fingerprint density at radius 3 is 2.35 bits per heavy atom. The van der Waals surface area contributed by atoms with Crippen LogP contribution in [0.4, 0.5) is 4.79 Å². The van der Waals surface area contributed by atoms with Crippen molar-refractivity contribution < 1.29 is 14.7 Å². The summed E-state index contributed by atoms with van der Waals surface area (Å²) in [5, 5.41) is 13.9. The van der Waals surface area contributed by atoms with Crippen LogP contribution in [-0.2, 0) is 11.2 Å². The molecule has 0 aromatic heterocycles. The number of benzene rings is 1. The van der Waals surface area contributed by atoms with Crippen LogP contribution in [0, 0.1) is 5.92 Å². The predicted octanol–water partition coefficient (Wildman–Crippen LogP) is 2.03. The molecule has 0 bridgehead atoms. The van der Waals surface area contributed by atoms with Crippen molar-refractivity contribution in [1.29, 1.82) is 0 Å². The first-order valence-electron chi connectivity index (χ1n) is 6.60. The lowest BCUT2D eigenvalue weighted by molar-refractivity contribution is -0.125. The number of rotatable bonds is 6. The Kier molecular flexibility index (Phi) is 5.55. The molecule has 0 saturated carbocycles. The first-order valence-corrected chi connectivity index (χ1v) is 6.60. The molecule has 0 aliphatic rings. The molecule has 1 atom stereocenters. The average Bonchev–Trinajstić information content (AvgIpc) is 2.36. The molecule has 3 N–H and O–H groups in total. The summed E-state index contributed by atoms with van der Waals surface area (Å²) in [5.74, 6) is -0.349. The highest BCUT2D eigenvalue weighted by Crippen LogP contribution is 2.21. The Hall–Kier alpha value is -2.04. The normalized spacial score (nSPS) is 12.6. The van der Waals surface area contributed by atoms with Gasteiger partial charge < -0.3 is 15.7 Å². The van der Waals surface area contributed by atoms with Gasteiger partial charge in [0.05, 0.1) is 0 Å². The summed E-state index contributed by atoms with van der Waals surface area (Å²) in [5.41, 5.74) is 0.407. The molecule has 0 aliphatic heterocycles. The lowest BCUT2D eigenvalue weighted by atomic mass is 9.86. The van der Waals surface area contributed by atoms with Crippen molar-refractivity contribution in [2.75, 3.05) is 7.05 Å². The van der Waals surface area contributed by atoms with Gasteiger partial charge in [-0.25, -0.2) is 4.79 Å². The van der Waals surface area contributed by atoms with Crippen molar-refractivity contribution in [2.45, 2.75) is 32.2 Å². The average molecular weight is 278 g/mol. The zero-order chi connectivity index (χ0) is 15.2. The fourth-order valence-electron chi connectivity index (χ4n) is 2.32. The summed E-state index contributed by atoms with van der Waals surface area (Å²) in [4.78, 5) is 22.8. The maximum Gasteiger partial charge on any atom is 0.405 e. The number of carbonyl (C=O) groups is 2. The minimum absolute atomic E-state index is 0.0749. The van der Waals surface area contributed by atoms with Crippen LogP contribution in [0.5, 0.6) is 0 Å². The van der Waals surface area contributed by atoms with Gasteiger partial charge in [-0.2, -0.15) is 0 Å². The van der Waals surface area contributed by atoms with Crippen molar-refractivity contribution in [1.82, 2.24) is 10.6 Å². The summed E-state index contributed by atoms with van der Waals surface area (Å²) in [6, 6.07) is 9.71. The molecular formula is C15H22N2O3. The molecule has 2 amide bonds. The van der Waals surface area contributed by atoms with Crippen molar-refractivity contribution >= 4 is 12.0 Å². The second-order valence-corrected chi connectivity index (χ2v) is 5.52. The first kappa shape index (κ1) is 16.0. The molecular weight excluding hydrogens is 256 g/mol. The molecule has 110 valence electrons. The van der Waals surface area contributed by atoms with E-state index >= 15 is 0 Å². The minimum atomic E-state index is -1.08. The van der Waals surface area contributed by atoms with E-state index in [0.29, 0.717) is 12.8 Å². The maximum atomic E-state index is 12.0. The maximum absolute atomic E-state index is 12.0. The van der Waals surface area contributed by atoms with E-state index < -0.39 is 11.6 Å². The van der Waals surface area contributed by atoms with Crippen LogP contribution < -0.4 is 10.6 Å². The summed E-state index contributed by atoms with van der Waals surface area (Å²) in [6.07, 6.45) is -0.0515. The van der Waals surface area contributed by atoms with Crippen LogP contribution in [0.1, 0.15) is 25.8 Å². The smallest absolute Gasteiger partial charge is 0.405 e. The lowest BCUT2D eigenvalue weighted by Crippen LogP contribution is -2.46. The van der Waals surface area contributed by atoms with E-state index in [0.717, 1.165) is 5.56 Å². The van der Waals surface area contributed by atoms with Gasteiger partial charge in [0.25, 0.3) is 0 Å². The number of hydrogen-bond donors (Lipinski definition) is 3. The van der Waals surface area contributed by atoms with E-state index in [2.05, 4.69) is 10.6 Å². The molecule has 0 spiro atoms. The van der Waals surface area contributed by atoms with Gasteiger partial charge in [-0.3, -0.25) is 4.79 Å². The first-order chi connectivity index (χ1) is 9.34. The van der Waals surface area contributed by atoms with Gasteiger partial charge in [-0.1, -0.05) is 30.3 Å². The minimum Gasteiger partial charge on any atom is -0.465 e. The zero-order valence-electron chi connectivity index (χ0n) is 12.1. The highest BCUT2D eigenvalue weighted by atomic mass is 16.4. The van der Waals surface area contributed by atoms with Gasteiger partial charge in [-0.15, -0.1) is 0 Å². The molecule has 0 heterocycles. The Morgan fingerprint density at radius 1 is 1.25 bits per heavy atom. The SMILES string of the molecule is CNC(=O)C(Cc1ccccc1)CC(C)(C)NC(=O)O. The Labute approximate surface area is 119 Å². The van der Waals surface area contributed by atoms with E-state index in [1.165, 1.54) is 0 Å². The van der Waals surface area contributed by atoms with E-state index in [1.54, 1.807) is 20.9 Å². The molecule has 1 unspecified atom stereocenters. The van der Waals surface area contributed by atoms with Gasteiger partial charge in [-0.05, 0) is 32.3 Å². The molecule has 1 rings (SSSR count). The predicted molar refractivity (Wildman–Crippen MR) is 77.6 cm³/mol. The van der Waals surface area contributed by atoms with Gasteiger partial charge in [0, 0.05) is 18.5 Å². The monoisotopic (exact) mass is 278 g/mol. The molecule has 0 aliphatic carbocycles. The Balaban J connectivity index is 2.80. The summed E-state index contributed by atoms with van der Waals surface area (Å²) in [6.45, 7) is 3.56. The van der Waals surface area contributed by atoms with Crippen LogP contribution in [0.3, 0.4) is 0 Å². The number of nitrogens with one attached hydrogen (secondary N) is 2. The van der Waals surface area contributed by atoms with E-state index in [-0.39, 0.29) is 11.8 Å². The van der Waals surface area contributed by atoms with E-state index in [1.807, 2.05) is 30.3 Å². The van der Waals surface area contributed by atoms with Crippen LogP contribution in [0.25, 0.3) is 0 Å². The highest BCUT2D eigenvalue weighted by molar-refractivity contribution is 5.79. The van der Waals surface area contributed by atoms with Crippen molar-refractivity contribution in [3.05, 3.63) is 35.9 Å². The Bertz CT molecular complexity index is 457. The molecule has 0 fully saturated rings. The van der Waals surface area contributed by atoms with E-state index in [9.17, 15) is 9.59 Å². The highest BCUT2D eigenvalue weighted by Gasteiger charge is 2.28. The second kappa shape index (κ2) is 6.93. The fourth-order valence-corrected chi connectivity index (χ4v) is 2.32. The van der Waals surface area contributed by atoms with Crippen LogP contribution in [-0.4, -0.2) is 29.7 Å². The quantitative estimate of drug-likeness (QED) is 0.745. The van der Waals surface area contributed by atoms with E-state index in [4.69, 9.17) is 5.11 Å². The van der Waals surface area contributed by atoms with Gasteiger partial charge in [0.15, 0.2) is 0 Å². The van der Waals surface area contributed by atoms with Crippen LogP contribution in [0.15, 0.2) is 30.3 Å². The standard InChI is InChI=1S/C15H22N2O3/c1-15(2,17-14(19)20)10-12(13(18)16-3)9-11-7-5-4-6-8-11/h4-8,12,17H,9-10H2,1-3H3,(H,16,18)(H,19,20). The third-order valence-electron chi connectivity index (χ3n) is 3.14. The summed E-state index contributed by atoms with van der Waals surface area (Å²) in [7, 11) is 1.60. The number of carboxylic acid groups (broad SMARTS) is 1. The third kappa shape index (κ3) is 5.30. The van der Waals surface area contributed by atoms with Crippen LogP contribution in [0.2, 0.25) is 0 Å². The number of carbonyl (C=O) groups excluding carboxylic acids is 1. The lowest BCUT2D eigenvalue weighted by Gasteiger charge is -2.29. The number of hydrogen-bond acceptors (Lipinski definition) is 2. The van der Waals surface area contributed by atoms with Gasteiger partial charge in [0.1, 0.15) is 0 Å². The number of amides is 2.